The number of carbonyl (C=O) groups is 2. The van der Waals surface area contributed by atoms with Gasteiger partial charge in [0.15, 0.2) is 0 Å². The van der Waals surface area contributed by atoms with E-state index < -0.39 is 5.92 Å². The molecule has 1 aromatic carbocycles. The lowest BCUT2D eigenvalue weighted by Crippen LogP contribution is -2.30. The van der Waals surface area contributed by atoms with E-state index in [4.69, 9.17) is 4.42 Å². The quantitative estimate of drug-likeness (QED) is 0.634. The van der Waals surface area contributed by atoms with E-state index >= 15 is 0 Å². The van der Waals surface area contributed by atoms with Crippen molar-refractivity contribution in [3.05, 3.63) is 54.0 Å². The Bertz CT molecular complexity index is 782. The Hall–Kier alpha value is -3.09. The predicted octanol–water partition coefficient (Wildman–Crippen LogP) is 1.84. The molecule has 0 radical (unpaired) electrons. The lowest BCUT2D eigenvalue weighted by Gasteiger charge is -2.14. The average molecular weight is 354 g/mol. The number of rotatable bonds is 6. The van der Waals surface area contributed by atoms with Crippen molar-refractivity contribution in [3.8, 4) is 0 Å². The second kappa shape index (κ2) is 7.86. The Morgan fingerprint density at radius 2 is 2.12 bits per heavy atom. The highest BCUT2D eigenvalue weighted by Gasteiger charge is 2.34. The molecule has 1 atom stereocenters. The molecule has 1 unspecified atom stereocenters. The van der Waals surface area contributed by atoms with E-state index in [1.807, 2.05) is 49.3 Å². The van der Waals surface area contributed by atoms with Crippen LogP contribution >= 0.6 is 0 Å². The van der Waals surface area contributed by atoms with E-state index in [-0.39, 0.29) is 18.2 Å². The van der Waals surface area contributed by atoms with Crippen LogP contribution in [-0.2, 0) is 16.1 Å². The maximum Gasteiger partial charge on any atom is 0.245 e. The van der Waals surface area contributed by atoms with Gasteiger partial charge < -0.3 is 14.2 Å². The van der Waals surface area contributed by atoms with Gasteiger partial charge in [0.2, 0.25) is 11.8 Å². The Kier molecular flexibility index (Phi) is 5.36. The van der Waals surface area contributed by atoms with E-state index in [9.17, 15) is 9.59 Å². The smallest absolute Gasteiger partial charge is 0.245 e. The highest BCUT2D eigenvalue weighted by molar-refractivity contribution is 5.90. The SMILES string of the molecule is CN(C)c1ccc(/C=N/NC(=O)C2CC(=O)N(Cc3ccco3)C2)cc1. The van der Waals surface area contributed by atoms with Gasteiger partial charge in [-0.2, -0.15) is 5.10 Å². The summed E-state index contributed by atoms with van der Waals surface area (Å²) in [6.07, 6.45) is 3.36. The van der Waals surface area contributed by atoms with Crippen molar-refractivity contribution in [1.82, 2.24) is 10.3 Å². The molecule has 136 valence electrons. The molecular formula is C19H22N4O3. The molecule has 2 aromatic rings. The fraction of sp³-hybridized carbons (Fsp3) is 0.316. The van der Waals surface area contributed by atoms with Gasteiger partial charge in [-0.3, -0.25) is 9.59 Å². The van der Waals surface area contributed by atoms with Crippen LogP contribution in [0.15, 0.2) is 52.2 Å². The number of hydrogen-bond acceptors (Lipinski definition) is 5. The van der Waals surface area contributed by atoms with Crippen molar-refractivity contribution in [2.45, 2.75) is 13.0 Å². The third kappa shape index (κ3) is 4.30. The van der Waals surface area contributed by atoms with E-state index in [2.05, 4.69) is 10.5 Å². The second-order valence-corrected chi connectivity index (χ2v) is 6.47. The average Bonchev–Trinajstić information content (AvgIpc) is 3.26. The van der Waals surface area contributed by atoms with Gasteiger partial charge in [-0.25, -0.2) is 5.43 Å². The molecule has 0 bridgehead atoms. The van der Waals surface area contributed by atoms with Crippen molar-refractivity contribution in [2.75, 3.05) is 25.5 Å². The fourth-order valence-corrected chi connectivity index (χ4v) is 2.81. The highest BCUT2D eigenvalue weighted by Crippen LogP contribution is 2.20. The lowest BCUT2D eigenvalue weighted by molar-refractivity contribution is -0.129. The van der Waals surface area contributed by atoms with Crippen LogP contribution in [0.2, 0.25) is 0 Å². The summed E-state index contributed by atoms with van der Waals surface area (Å²) >= 11 is 0. The molecule has 1 saturated heterocycles. The molecule has 1 aliphatic rings. The summed E-state index contributed by atoms with van der Waals surface area (Å²) in [6.45, 7) is 0.759. The largest absolute Gasteiger partial charge is 0.467 e. The number of anilines is 1. The lowest BCUT2D eigenvalue weighted by atomic mass is 10.1. The van der Waals surface area contributed by atoms with Gasteiger partial charge in [-0.1, -0.05) is 12.1 Å². The number of carbonyl (C=O) groups excluding carboxylic acids is 2. The van der Waals surface area contributed by atoms with Gasteiger partial charge in [0.1, 0.15) is 5.76 Å². The zero-order valence-electron chi connectivity index (χ0n) is 14.9. The Labute approximate surface area is 152 Å². The third-order valence-electron chi connectivity index (χ3n) is 4.31. The Balaban J connectivity index is 1.51. The summed E-state index contributed by atoms with van der Waals surface area (Å²) in [5, 5.41) is 4.00. The molecular weight excluding hydrogens is 332 g/mol. The van der Waals surface area contributed by atoms with Gasteiger partial charge in [0.05, 0.1) is 24.9 Å². The number of benzene rings is 1. The van der Waals surface area contributed by atoms with Gasteiger partial charge in [-0.15, -0.1) is 0 Å². The molecule has 7 heteroatoms. The first kappa shape index (κ1) is 17.7. The normalized spacial score (nSPS) is 17.1. The standard InChI is InChI=1S/C19H22N4O3/c1-22(2)16-7-5-14(6-8-16)11-20-21-19(25)15-10-18(24)23(12-15)13-17-4-3-9-26-17/h3-9,11,15H,10,12-13H2,1-2H3,(H,21,25)/b20-11+. The molecule has 26 heavy (non-hydrogen) atoms. The second-order valence-electron chi connectivity index (χ2n) is 6.47. The topological polar surface area (TPSA) is 78.2 Å². The van der Waals surface area contributed by atoms with Crippen molar-refractivity contribution in [1.29, 1.82) is 0 Å². The zero-order valence-corrected chi connectivity index (χ0v) is 14.9. The number of hydrogen-bond donors (Lipinski definition) is 1. The van der Waals surface area contributed by atoms with Gasteiger partial charge in [0, 0.05) is 32.7 Å². The van der Waals surface area contributed by atoms with E-state index in [1.165, 1.54) is 0 Å². The summed E-state index contributed by atoms with van der Waals surface area (Å²) in [6, 6.07) is 11.4. The summed E-state index contributed by atoms with van der Waals surface area (Å²) in [7, 11) is 3.95. The highest BCUT2D eigenvalue weighted by atomic mass is 16.3. The number of nitrogens with one attached hydrogen (secondary N) is 1. The first-order valence-corrected chi connectivity index (χ1v) is 8.43. The molecule has 2 heterocycles. The van der Waals surface area contributed by atoms with Crippen LogP contribution < -0.4 is 10.3 Å². The van der Waals surface area contributed by atoms with Crippen molar-refractivity contribution < 1.29 is 14.0 Å². The Morgan fingerprint density at radius 3 is 2.77 bits per heavy atom. The van der Waals surface area contributed by atoms with Crippen LogP contribution in [0.4, 0.5) is 5.69 Å². The summed E-state index contributed by atoms with van der Waals surface area (Å²) in [5.74, 6) is 0.00981. The van der Waals surface area contributed by atoms with Crippen LogP contribution in [0, 0.1) is 5.92 Å². The summed E-state index contributed by atoms with van der Waals surface area (Å²) in [4.78, 5) is 27.9. The van der Waals surface area contributed by atoms with Gasteiger partial charge in [0.25, 0.3) is 0 Å². The van der Waals surface area contributed by atoms with Crippen LogP contribution in [0.1, 0.15) is 17.7 Å². The molecule has 2 amide bonds. The van der Waals surface area contributed by atoms with Crippen LogP contribution in [-0.4, -0.2) is 43.6 Å². The van der Waals surface area contributed by atoms with Crippen molar-refractivity contribution in [2.24, 2.45) is 11.0 Å². The minimum atomic E-state index is -0.397. The maximum absolute atomic E-state index is 12.2. The number of furan rings is 1. The van der Waals surface area contributed by atoms with Crippen molar-refractivity contribution >= 4 is 23.7 Å². The first-order valence-electron chi connectivity index (χ1n) is 8.43. The minimum Gasteiger partial charge on any atom is -0.467 e. The molecule has 3 rings (SSSR count). The zero-order chi connectivity index (χ0) is 18.5. The molecule has 0 aliphatic carbocycles. The predicted molar refractivity (Wildman–Crippen MR) is 98.7 cm³/mol. The van der Waals surface area contributed by atoms with E-state index in [0.717, 1.165) is 11.3 Å². The number of likely N-dealkylation sites (tertiary alicyclic amines) is 1. The summed E-state index contributed by atoms with van der Waals surface area (Å²) < 4.78 is 5.26. The molecule has 0 spiro atoms. The maximum atomic E-state index is 12.2. The molecule has 7 nitrogen and oxygen atoms in total. The fourth-order valence-electron chi connectivity index (χ4n) is 2.81. The van der Waals surface area contributed by atoms with Crippen LogP contribution in [0.25, 0.3) is 0 Å². The van der Waals surface area contributed by atoms with Crippen LogP contribution in [0.3, 0.4) is 0 Å². The van der Waals surface area contributed by atoms with Gasteiger partial charge in [-0.05, 0) is 29.8 Å². The van der Waals surface area contributed by atoms with E-state index in [1.54, 1.807) is 23.4 Å². The molecule has 1 N–H and O–H groups in total. The minimum absolute atomic E-state index is 0.0511. The molecule has 1 fully saturated rings. The molecule has 0 saturated carbocycles. The monoisotopic (exact) mass is 354 g/mol. The number of amides is 2. The molecule has 1 aliphatic heterocycles. The molecule has 1 aromatic heterocycles. The first-order chi connectivity index (χ1) is 12.5. The number of hydrazone groups is 1. The van der Waals surface area contributed by atoms with Crippen molar-refractivity contribution in [3.63, 3.8) is 0 Å². The summed E-state index contributed by atoms with van der Waals surface area (Å²) in [5.41, 5.74) is 4.51. The van der Waals surface area contributed by atoms with Crippen LogP contribution in [0.5, 0.6) is 0 Å². The van der Waals surface area contributed by atoms with Gasteiger partial charge >= 0.3 is 0 Å². The van der Waals surface area contributed by atoms with E-state index in [0.29, 0.717) is 18.8 Å². The number of nitrogens with zero attached hydrogens (tertiary/aromatic N) is 3. The third-order valence-corrected chi connectivity index (χ3v) is 4.31. The Morgan fingerprint density at radius 1 is 1.35 bits per heavy atom.